The van der Waals surface area contributed by atoms with E-state index in [0.29, 0.717) is 27.7 Å². The van der Waals surface area contributed by atoms with Crippen molar-refractivity contribution < 1.29 is 0 Å². The first-order valence-electron chi connectivity index (χ1n) is 6.70. The number of rotatable bonds is 4. The largest absolute Gasteiger partial charge is 0.309 e. The van der Waals surface area contributed by atoms with Gasteiger partial charge in [-0.3, -0.25) is 0 Å². The molecule has 2 nitrogen and oxygen atoms in total. The molecule has 0 spiro atoms. The van der Waals surface area contributed by atoms with E-state index in [2.05, 4.69) is 17.1 Å². The predicted octanol–water partition coefficient (Wildman–Crippen LogP) is 4.22. The highest BCUT2D eigenvalue weighted by molar-refractivity contribution is 6.44. The maximum Gasteiger partial charge on any atom is 0.0652 e. The molecular formula is C14H19Cl3N2. The minimum absolute atomic E-state index is 0.500. The van der Waals surface area contributed by atoms with Crippen LogP contribution in [0.3, 0.4) is 0 Å². The minimum atomic E-state index is 0.500. The Bertz CT molecular complexity index is 437. The maximum atomic E-state index is 6.21. The molecule has 1 aromatic rings. The molecule has 0 amide bonds. The van der Waals surface area contributed by atoms with Gasteiger partial charge in [0.25, 0.3) is 0 Å². The summed E-state index contributed by atoms with van der Waals surface area (Å²) in [5.74, 6) is 0. The molecule has 0 bridgehead atoms. The summed E-state index contributed by atoms with van der Waals surface area (Å²) in [5.41, 5.74) is 0.893. The molecule has 1 aromatic carbocycles. The molecule has 1 aliphatic heterocycles. The summed E-state index contributed by atoms with van der Waals surface area (Å²) in [7, 11) is 0. The quantitative estimate of drug-likeness (QED) is 0.835. The van der Waals surface area contributed by atoms with Gasteiger partial charge in [0.1, 0.15) is 0 Å². The average Bonchev–Trinajstić information content (AvgIpc) is 2.43. The first-order chi connectivity index (χ1) is 9.11. The summed E-state index contributed by atoms with van der Waals surface area (Å²) in [4.78, 5) is 2.46. The minimum Gasteiger partial charge on any atom is -0.309 e. The standard InChI is InChI=1S/C14H19Cl3N2/c1-2-19-7-3-4-10(9-19)18-8-11-12(15)5-6-13(16)14(11)17/h5-6,10,18H,2-4,7-9H2,1H3. The predicted molar refractivity (Wildman–Crippen MR) is 83.4 cm³/mol. The van der Waals surface area contributed by atoms with Crippen LogP contribution < -0.4 is 5.32 Å². The maximum absolute atomic E-state index is 6.21. The van der Waals surface area contributed by atoms with Crippen LogP contribution in [0.15, 0.2) is 12.1 Å². The number of likely N-dealkylation sites (N-methyl/N-ethyl adjacent to an activating group) is 1. The van der Waals surface area contributed by atoms with E-state index in [9.17, 15) is 0 Å². The molecule has 1 fully saturated rings. The Morgan fingerprint density at radius 1 is 1.26 bits per heavy atom. The Hall–Kier alpha value is 0.01000. The summed E-state index contributed by atoms with van der Waals surface area (Å²) in [6, 6.07) is 4.03. The van der Waals surface area contributed by atoms with Crippen LogP contribution in [0.5, 0.6) is 0 Å². The van der Waals surface area contributed by atoms with Gasteiger partial charge in [-0.2, -0.15) is 0 Å². The van der Waals surface area contributed by atoms with E-state index in [-0.39, 0.29) is 0 Å². The lowest BCUT2D eigenvalue weighted by Crippen LogP contribution is -2.45. The Morgan fingerprint density at radius 3 is 2.74 bits per heavy atom. The molecule has 0 aliphatic carbocycles. The van der Waals surface area contributed by atoms with Crippen molar-refractivity contribution in [3.05, 3.63) is 32.8 Å². The Labute approximate surface area is 130 Å². The molecular weight excluding hydrogens is 303 g/mol. The second-order valence-corrected chi connectivity index (χ2v) is 6.13. The van der Waals surface area contributed by atoms with Crippen LogP contribution in [0.1, 0.15) is 25.3 Å². The smallest absolute Gasteiger partial charge is 0.0652 e. The van der Waals surface area contributed by atoms with Crippen LogP contribution in [-0.2, 0) is 6.54 Å². The highest BCUT2D eigenvalue weighted by atomic mass is 35.5. The van der Waals surface area contributed by atoms with E-state index < -0.39 is 0 Å². The van der Waals surface area contributed by atoms with E-state index in [0.717, 1.165) is 18.7 Å². The molecule has 5 heteroatoms. The Morgan fingerprint density at radius 2 is 2.00 bits per heavy atom. The van der Waals surface area contributed by atoms with Crippen molar-refractivity contribution in [3.63, 3.8) is 0 Å². The van der Waals surface area contributed by atoms with Crippen molar-refractivity contribution >= 4 is 34.8 Å². The lowest BCUT2D eigenvalue weighted by atomic mass is 10.1. The highest BCUT2D eigenvalue weighted by Gasteiger charge is 2.19. The molecule has 0 radical (unpaired) electrons. The SMILES string of the molecule is CCN1CCCC(NCc2c(Cl)ccc(Cl)c2Cl)C1. The fourth-order valence-electron chi connectivity index (χ4n) is 2.49. The second-order valence-electron chi connectivity index (χ2n) is 4.94. The Kier molecular flexibility index (Phi) is 5.79. The monoisotopic (exact) mass is 320 g/mol. The van der Waals surface area contributed by atoms with E-state index in [1.54, 1.807) is 12.1 Å². The van der Waals surface area contributed by atoms with Crippen molar-refractivity contribution in [2.75, 3.05) is 19.6 Å². The van der Waals surface area contributed by atoms with Gasteiger partial charge in [-0.05, 0) is 38.1 Å². The number of benzene rings is 1. The number of nitrogens with zero attached hydrogens (tertiary/aromatic N) is 1. The van der Waals surface area contributed by atoms with Crippen molar-refractivity contribution in [3.8, 4) is 0 Å². The van der Waals surface area contributed by atoms with E-state index in [1.807, 2.05) is 0 Å². The second kappa shape index (κ2) is 7.14. The molecule has 1 atom stereocenters. The average molecular weight is 322 g/mol. The topological polar surface area (TPSA) is 15.3 Å². The molecule has 1 N–H and O–H groups in total. The van der Waals surface area contributed by atoms with Crippen molar-refractivity contribution in [1.29, 1.82) is 0 Å². The zero-order valence-corrected chi connectivity index (χ0v) is 13.3. The van der Waals surface area contributed by atoms with Gasteiger partial charge < -0.3 is 10.2 Å². The van der Waals surface area contributed by atoms with Crippen molar-refractivity contribution in [2.45, 2.75) is 32.4 Å². The summed E-state index contributed by atoms with van der Waals surface area (Å²) < 4.78 is 0. The zero-order chi connectivity index (χ0) is 13.8. The molecule has 1 saturated heterocycles. The summed E-state index contributed by atoms with van der Waals surface area (Å²) in [6.45, 7) is 6.27. The van der Waals surface area contributed by atoms with Crippen LogP contribution in [0, 0.1) is 0 Å². The van der Waals surface area contributed by atoms with Gasteiger partial charge in [-0.25, -0.2) is 0 Å². The van der Waals surface area contributed by atoms with Gasteiger partial charge in [0.05, 0.1) is 10.0 Å². The van der Waals surface area contributed by atoms with Crippen LogP contribution >= 0.6 is 34.8 Å². The lowest BCUT2D eigenvalue weighted by molar-refractivity contribution is 0.198. The molecule has 1 heterocycles. The van der Waals surface area contributed by atoms with Gasteiger partial charge in [0.15, 0.2) is 0 Å². The first-order valence-corrected chi connectivity index (χ1v) is 7.83. The molecule has 2 rings (SSSR count). The number of hydrogen-bond donors (Lipinski definition) is 1. The molecule has 1 aliphatic rings. The normalized spacial score (nSPS) is 20.7. The van der Waals surface area contributed by atoms with E-state index >= 15 is 0 Å². The lowest BCUT2D eigenvalue weighted by Gasteiger charge is -2.32. The molecule has 0 aromatic heterocycles. The van der Waals surface area contributed by atoms with Crippen LogP contribution in [-0.4, -0.2) is 30.6 Å². The van der Waals surface area contributed by atoms with Crippen molar-refractivity contribution in [2.24, 2.45) is 0 Å². The molecule has 19 heavy (non-hydrogen) atoms. The number of likely N-dealkylation sites (tertiary alicyclic amines) is 1. The fourth-order valence-corrected chi connectivity index (χ4v) is 3.17. The molecule has 1 unspecified atom stereocenters. The third kappa shape index (κ3) is 3.99. The molecule has 0 saturated carbocycles. The Balaban J connectivity index is 1.97. The fraction of sp³-hybridized carbons (Fsp3) is 0.571. The summed E-state index contributed by atoms with van der Waals surface area (Å²) in [5, 5.41) is 5.33. The van der Waals surface area contributed by atoms with Crippen LogP contribution in [0.4, 0.5) is 0 Å². The van der Waals surface area contributed by atoms with Gasteiger partial charge in [-0.15, -0.1) is 0 Å². The van der Waals surface area contributed by atoms with Crippen LogP contribution in [0.2, 0.25) is 15.1 Å². The van der Waals surface area contributed by atoms with Gasteiger partial charge >= 0.3 is 0 Å². The third-order valence-electron chi connectivity index (χ3n) is 3.66. The third-order valence-corrected chi connectivity index (χ3v) is 4.86. The number of hydrogen-bond acceptors (Lipinski definition) is 2. The number of halogens is 3. The van der Waals surface area contributed by atoms with Gasteiger partial charge in [-0.1, -0.05) is 41.7 Å². The van der Waals surface area contributed by atoms with Crippen molar-refractivity contribution in [1.82, 2.24) is 10.2 Å². The van der Waals surface area contributed by atoms with Gasteiger partial charge in [0, 0.05) is 29.7 Å². The number of nitrogens with one attached hydrogen (secondary N) is 1. The van der Waals surface area contributed by atoms with E-state index in [1.165, 1.54) is 19.4 Å². The van der Waals surface area contributed by atoms with Crippen LogP contribution in [0.25, 0.3) is 0 Å². The first kappa shape index (κ1) is 15.4. The zero-order valence-electron chi connectivity index (χ0n) is 11.1. The summed E-state index contributed by atoms with van der Waals surface area (Å²) >= 11 is 18.4. The summed E-state index contributed by atoms with van der Waals surface area (Å²) in [6.07, 6.45) is 2.44. The number of piperidine rings is 1. The van der Waals surface area contributed by atoms with E-state index in [4.69, 9.17) is 34.8 Å². The van der Waals surface area contributed by atoms with Gasteiger partial charge in [0.2, 0.25) is 0 Å². The molecule has 106 valence electrons. The highest BCUT2D eigenvalue weighted by Crippen LogP contribution is 2.31.